The lowest BCUT2D eigenvalue weighted by Crippen LogP contribution is -2.32. The van der Waals surface area contributed by atoms with E-state index >= 15 is 0 Å². The fourth-order valence-electron chi connectivity index (χ4n) is 2.44. The zero-order chi connectivity index (χ0) is 17.1. The molecule has 6 heteroatoms. The van der Waals surface area contributed by atoms with Gasteiger partial charge in [-0.15, -0.1) is 0 Å². The lowest BCUT2D eigenvalue weighted by molar-refractivity contribution is -0.115. The number of carbonyl (C=O) groups excluding carboxylic acids is 2. The summed E-state index contributed by atoms with van der Waals surface area (Å²) in [7, 11) is 0. The number of pyridine rings is 1. The fraction of sp³-hybridized carbons (Fsp3) is 0.167. The number of rotatable bonds is 4. The highest BCUT2D eigenvalue weighted by atomic mass is 16.2. The highest BCUT2D eigenvalue weighted by Crippen LogP contribution is 2.19. The first kappa shape index (κ1) is 15.7. The van der Waals surface area contributed by atoms with Gasteiger partial charge in [0.25, 0.3) is 5.91 Å². The molecular weight excluding hydrogens is 304 g/mol. The minimum absolute atomic E-state index is 0.104. The van der Waals surface area contributed by atoms with E-state index in [1.807, 2.05) is 36.6 Å². The van der Waals surface area contributed by atoms with E-state index in [1.54, 1.807) is 30.3 Å². The number of aryl methyl sites for hydroxylation is 2. The molecule has 0 saturated carbocycles. The van der Waals surface area contributed by atoms with Crippen LogP contribution in [0.3, 0.4) is 0 Å². The van der Waals surface area contributed by atoms with Crippen LogP contribution < -0.4 is 10.6 Å². The molecule has 2 amide bonds. The van der Waals surface area contributed by atoms with Gasteiger partial charge in [0.05, 0.1) is 17.9 Å². The van der Waals surface area contributed by atoms with Crippen molar-refractivity contribution in [3.05, 3.63) is 65.6 Å². The van der Waals surface area contributed by atoms with Crippen molar-refractivity contribution in [3.63, 3.8) is 0 Å². The summed E-state index contributed by atoms with van der Waals surface area (Å²) in [5.41, 5.74) is 3.77. The van der Waals surface area contributed by atoms with Crippen molar-refractivity contribution < 1.29 is 9.59 Å². The predicted molar refractivity (Wildman–Crippen MR) is 92.1 cm³/mol. The molecule has 0 atom stereocenters. The minimum Gasteiger partial charge on any atom is -0.343 e. The molecule has 0 aliphatic heterocycles. The molecule has 1 aromatic carbocycles. The summed E-state index contributed by atoms with van der Waals surface area (Å²) < 4.78 is 1.92. The second kappa shape index (κ2) is 6.54. The molecule has 0 saturated heterocycles. The lowest BCUT2D eigenvalue weighted by Gasteiger charge is -2.08. The van der Waals surface area contributed by atoms with Crippen molar-refractivity contribution in [2.24, 2.45) is 0 Å². The molecule has 0 aliphatic rings. The Morgan fingerprint density at radius 1 is 1.08 bits per heavy atom. The van der Waals surface area contributed by atoms with Crippen LogP contribution in [0.2, 0.25) is 0 Å². The smallest absolute Gasteiger partial charge is 0.251 e. The van der Waals surface area contributed by atoms with E-state index in [0.29, 0.717) is 16.9 Å². The molecule has 0 radical (unpaired) electrons. The number of carbonyl (C=O) groups is 2. The summed E-state index contributed by atoms with van der Waals surface area (Å²) in [5, 5.41) is 5.40. The number of nitrogens with zero attached hydrogens (tertiary/aromatic N) is 2. The van der Waals surface area contributed by atoms with Crippen LogP contribution in [0.25, 0.3) is 5.65 Å². The van der Waals surface area contributed by atoms with Crippen LogP contribution in [0.15, 0.2) is 48.7 Å². The molecule has 6 nitrogen and oxygen atoms in total. The monoisotopic (exact) mass is 322 g/mol. The topological polar surface area (TPSA) is 75.5 Å². The van der Waals surface area contributed by atoms with Crippen LogP contribution in [-0.4, -0.2) is 27.7 Å². The number of fused-ring (bicyclic) bond motifs is 1. The quantitative estimate of drug-likeness (QED) is 0.774. The lowest BCUT2D eigenvalue weighted by atomic mass is 10.2. The van der Waals surface area contributed by atoms with E-state index in [0.717, 1.165) is 11.4 Å². The zero-order valence-electron chi connectivity index (χ0n) is 13.5. The summed E-state index contributed by atoms with van der Waals surface area (Å²) >= 11 is 0. The van der Waals surface area contributed by atoms with Crippen molar-refractivity contribution in [3.8, 4) is 0 Å². The number of benzene rings is 1. The molecule has 3 aromatic rings. The molecule has 0 aliphatic carbocycles. The Morgan fingerprint density at radius 3 is 2.58 bits per heavy atom. The van der Waals surface area contributed by atoms with E-state index in [4.69, 9.17) is 0 Å². The molecule has 2 N–H and O–H groups in total. The highest BCUT2D eigenvalue weighted by molar-refractivity contribution is 6.00. The Labute approximate surface area is 139 Å². The molecule has 0 spiro atoms. The summed E-state index contributed by atoms with van der Waals surface area (Å²) in [6.07, 6.45) is 1.90. The second-order valence-corrected chi connectivity index (χ2v) is 5.49. The van der Waals surface area contributed by atoms with Gasteiger partial charge in [-0.05, 0) is 38.1 Å². The predicted octanol–water partition coefficient (Wildman–Crippen LogP) is 2.32. The number of imidazole rings is 1. The van der Waals surface area contributed by atoms with Crippen molar-refractivity contribution in [2.75, 3.05) is 11.9 Å². The van der Waals surface area contributed by atoms with Gasteiger partial charge in [-0.25, -0.2) is 4.98 Å². The largest absolute Gasteiger partial charge is 0.343 e. The van der Waals surface area contributed by atoms with Crippen LogP contribution >= 0.6 is 0 Å². The summed E-state index contributed by atoms with van der Waals surface area (Å²) in [4.78, 5) is 28.5. The molecule has 122 valence electrons. The third kappa shape index (κ3) is 3.12. The number of nitrogens with one attached hydrogen (secondary N) is 2. The molecule has 2 aromatic heterocycles. The van der Waals surface area contributed by atoms with Crippen LogP contribution in [0, 0.1) is 13.8 Å². The highest BCUT2D eigenvalue weighted by Gasteiger charge is 2.12. The van der Waals surface area contributed by atoms with Gasteiger partial charge in [-0.3, -0.25) is 9.59 Å². The minimum atomic E-state index is -0.300. The van der Waals surface area contributed by atoms with Crippen LogP contribution in [-0.2, 0) is 4.79 Å². The van der Waals surface area contributed by atoms with E-state index in [1.165, 1.54) is 0 Å². The maximum absolute atomic E-state index is 12.1. The number of hydrogen-bond acceptors (Lipinski definition) is 3. The van der Waals surface area contributed by atoms with E-state index < -0.39 is 0 Å². The van der Waals surface area contributed by atoms with Crippen molar-refractivity contribution in [1.29, 1.82) is 0 Å². The summed E-state index contributed by atoms with van der Waals surface area (Å²) in [6.45, 7) is 3.79. The standard InChI is InChI=1S/C18H18N4O2/c1-12-13(2)22-10-6-9-15(17(22)20-12)21-16(23)11-19-18(24)14-7-4-3-5-8-14/h3-10H,11H2,1-2H3,(H,19,24)(H,21,23). The molecule has 2 heterocycles. The van der Waals surface area contributed by atoms with E-state index in [9.17, 15) is 9.59 Å². The first-order chi connectivity index (χ1) is 11.6. The first-order valence-corrected chi connectivity index (χ1v) is 7.63. The average Bonchev–Trinajstić information content (AvgIpc) is 2.89. The Balaban J connectivity index is 1.67. The van der Waals surface area contributed by atoms with Crippen molar-refractivity contribution in [1.82, 2.24) is 14.7 Å². The SMILES string of the molecule is Cc1nc2c(NC(=O)CNC(=O)c3ccccc3)cccn2c1C. The van der Waals surface area contributed by atoms with Crippen LogP contribution in [0.5, 0.6) is 0 Å². The molecule has 3 rings (SSSR count). The van der Waals surface area contributed by atoms with Gasteiger partial charge in [0.2, 0.25) is 5.91 Å². The number of anilines is 1. The first-order valence-electron chi connectivity index (χ1n) is 7.63. The Kier molecular flexibility index (Phi) is 4.29. The van der Waals surface area contributed by atoms with Gasteiger partial charge >= 0.3 is 0 Å². The Hall–Kier alpha value is -3.15. The second-order valence-electron chi connectivity index (χ2n) is 5.49. The van der Waals surface area contributed by atoms with Gasteiger partial charge in [0.15, 0.2) is 5.65 Å². The number of hydrogen-bond donors (Lipinski definition) is 2. The normalized spacial score (nSPS) is 10.6. The third-order valence-electron chi connectivity index (χ3n) is 3.85. The van der Waals surface area contributed by atoms with Crippen molar-refractivity contribution in [2.45, 2.75) is 13.8 Å². The summed E-state index contributed by atoms with van der Waals surface area (Å²) in [5.74, 6) is -0.581. The van der Waals surface area contributed by atoms with Crippen LogP contribution in [0.4, 0.5) is 5.69 Å². The molecular formula is C18H18N4O2. The van der Waals surface area contributed by atoms with E-state index in [-0.39, 0.29) is 18.4 Å². The molecule has 0 unspecified atom stereocenters. The Morgan fingerprint density at radius 2 is 1.83 bits per heavy atom. The summed E-state index contributed by atoms with van der Waals surface area (Å²) in [6, 6.07) is 12.4. The maximum Gasteiger partial charge on any atom is 0.251 e. The van der Waals surface area contributed by atoms with Gasteiger partial charge in [-0.2, -0.15) is 0 Å². The number of aromatic nitrogens is 2. The number of amides is 2. The Bertz CT molecular complexity index is 900. The molecule has 0 bridgehead atoms. The van der Waals surface area contributed by atoms with Crippen molar-refractivity contribution >= 4 is 23.1 Å². The van der Waals surface area contributed by atoms with Crippen LogP contribution in [0.1, 0.15) is 21.7 Å². The maximum atomic E-state index is 12.1. The van der Waals surface area contributed by atoms with Gasteiger partial charge in [0.1, 0.15) is 0 Å². The van der Waals surface area contributed by atoms with Gasteiger partial charge in [-0.1, -0.05) is 18.2 Å². The zero-order valence-corrected chi connectivity index (χ0v) is 13.5. The molecule has 24 heavy (non-hydrogen) atoms. The third-order valence-corrected chi connectivity index (χ3v) is 3.85. The molecule has 0 fully saturated rings. The van der Waals surface area contributed by atoms with Gasteiger partial charge in [0, 0.05) is 17.5 Å². The van der Waals surface area contributed by atoms with Gasteiger partial charge < -0.3 is 15.0 Å². The fourth-order valence-corrected chi connectivity index (χ4v) is 2.44. The average molecular weight is 322 g/mol. The van der Waals surface area contributed by atoms with E-state index in [2.05, 4.69) is 15.6 Å².